The highest BCUT2D eigenvalue weighted by atomic mass is 14.0. The first-order chi connectivity index (χ1) is 13.3. The fourth-order valence-corrected chi connectivity index (χ4v) is 3.53. The third kappa shape index (κ3) is 33.7. The molecule has 0 N–H and O–H groups in total. The molecule has 0 bridgehead atoms. The second kappa shape index (κ2) is 30.5. The molecule has 0 fully saturated rings. The molecule has 0 aliphatic heterocycles. The molecule has 0 unspecified atom stereocenters. The average Bonchev–Trinajstić information content (AvgIpc) is 2.68. The van der Waals surface area contributed by atoms with Gasteiger partial charge in [0.25, 0.3) is 0 Å². The summed E-state index contributed by atoms with van der Waals surface area (Å²) in [4.78, 5) is 0. The van der Waals surface area contributed by atoms with Gasteiger partial charge in [-0.25, -0.2) is 0 Å². The first kappa shape index (κ1) is 28.9. The average molecular weight is 381 g/mol. The molecule has 0 rings (SSSR count). The minimum absolute atomic E-state index is 1.15. The van der Waals surface area contributed by atoms with Gasteiger partial charge < -0.3 is 0 Å². The van der Waals surface area contributed by atoms with Gasteiger partial charge in [-0.05, 0) is 6.42 Å². The van der Waals surface area contributed by atoms with Crippen LogP contribution < -0.4 is 0 Å². The molecule has 0 heterocycles. The molecule has 27 heavy (non-hydrogen) atoms. The van der Waals surface area contributed by atoms with E-state index >= 15 is 0 Å². The fourth-order valence-electron chi connectivity index (χ4n) is 3.53. The molecular weight excluding hydrogens is 324 g/mol. The van der Waals surface area contributed by atoms with E-state index in [0.717, 1.165) is 6.42 Å². The van der Waals surface area contributed by atoms with Gasteiger partial charge in [-0.2, -0.15) is 0 Å². The van der Waals surface area contributed by atoms with Crippen LogP contribution in [0.4, 0.5) is 0 Å². The van der Waals surface area contributed by atoms with Gasteiger partial charge in [-0.3, -0.25) is 0 Å². The minimum Gasteiger partial charge on any atom is -0.103 e. The topological polar surface area (TPSA) is 0 Å². The molecule has 0 amide bonds. The smallest absolute Gasteiger partial charge is 0.0356 e. The van der Waals surface area contributed by atoms with Gasteiger partial charge >= 0.3 is 0 Å². The zero-order chi connectivity index (χ0) is 20.3. The number of rotatable bonds is 21. The first-order valence-corrected chi connectivity index (χ1v) is 12.9. The van der Waals surface area contributed by atoms with Crippen LogP contribution >= 0.6 is 0 Å². The van der Waals surface area contributed by atoms with Crippen molar-refractivity contribution in [3.63, 3.8) is 0 Å². The van der Waals surface area contributed by atoms with E-state index in [4.69, 9.17) is 0 Å². The van der Waals surface area contributed by atoms with Crippen molar-refractivity contribution in [3.8, 4) is 0 Å². The molecule has 0 aromatic carbocycles. The van der Waals surface area contributed by atoms with Crippen molar-refractivity contribution in [1.82, 2.24) is 0 Å². The lowest BCUT2D eigenvalue weighted by Crippen LogP contribution is -1.84. The van der Waals surface area contributed by atoms with Crippen LogP contribution in [0.3, 0.4) is 0 Å². The van der Waals surface area contributed by atoms with E-state index in [-0.39, 0.29) is 0 Å². The quantitative estimate of drug-likeness (QED) is 0.137. The van der Waals surface area contributed by atoms with Gasteiger partial charge in [0, 0.05) is 0 Å². The van der Waals surface area contributed by atoms with Crippen molar-refractivity contribution < 1.29 is 0 Å². The van der Waals surface area contributed by atoms with Gasteiger partial charge in [0.05, 0.1) is 0 Å². The Balaban J connectivity index is 0. The van der Waals surface area contributed by atoms with Gasteiger partial charge in [0.1, 0.15) is 0 Å². The minimum atomic E-state index is 1.15. The van der Waals surface area contributed by atoms with Crippen LogP contribution in [-0.2, 0) is 0 Å². The van der Waals surface area contributed by atoms with Crippen LogP contribution in [-0.4, -0.2) is 0 Å². The van der Waals surface area contributed by atoms with Crippen molar-refractivity contribution in [3.05, 3.63) is 12.7 Å². The molecule has 0 radical (unpaired) electrons. The molecule has 0 aromatic heterocycles. The summed E-state index contributed by atoms with van der Waals surface area (Å²) in [6.07, 6.45) is 33.7. The SMILES string of the molecule is C=CCCC.CCCCCCCCCCCCCCCCCCCCCC. The van der Waals surface area contributed by atoms with E-state index in [1.165, 1.54) is 135 Å². The molecule has 0 aliphatic carbocycles. The highest BCUT2D eigenvalue weighted by Crippen LogP contribution is 2.14. The summed E-state index contributed by atoms with van der Waals surface area (Å²) in [5, 5.41) is 0. The molecular formula is C27H56. The van der Waals surface area contributed by atoms with Crippen molar-refractivity contribution in [2.75, 3.05) is 0 Å². The molecule has 0 nitrogen and oxygen atoms in total. The number of hydrogen-bond acceptors (Lipinski definition) is 0. The highest BCUT2D eigenvalue weighted by molar-refractivity contribution is 4.63. The predicted molar refractivity (Wildman–Crippen MR) is 129 cm³/mol. The van der Waals surface area contributed by atoms with Gasteiger partial charge in [-0.1, -0.05) is 162 Å². The third-order valence-electron chi connectivity index (χ3n) is 5.45. The molecule has 0 aliphatic rings. The summed E-state index contributed by atoms with van der Waals surface area (Å²) in [5.74, 6) is 0. The number of hydrogen-bond donors (Lipinski definition) is 0. The fraction of sp³-hybridized carbons (Fsp3) is 0.926. The molecule has 0 spiro atoms. The van der Waals surface area contributed by atoms with Crippen LogP contribution in [0.15, 0.2) is 12.7 Å². The van der Waals surface area contributed by atoms with E-state index in [1.54, 1.807) is 0 Å². The third-order valence-corrected chi connectivity index (χ3v) is 5.45. The maximum absolute atomic E-state index is 3.55. The summed E-state index contributed by atoms with van der Waals surface area (Å²) in [5.41, 5.74) is 0. The summed E-state index contributed by atoms with van der Waals surface area (Å²) in [6, 6.07) is 0. The number of allylic oxidation sites excluding steroid dienone is 1. The summed E-state index contributed by atoms with van der Waals surface area (Å²) in [6.45, 7) is 10.3. The van der Waals surface area contributed by atoms with E-state index in [1.807, 2.05) is 6.08 Å². The second-order valence-electron chi connectivity index (χ2n) is 8.44. The highest BCUT2D eigenvalue weighted by Gasteiger charge is 1.94. The maximum atomic E-state index is 3.55. The zero-order valence-electron chi connectivity index (χ0n) is 19.8. The predicted octanol–water partition coefficient (Wildman–Crippen LogP) is 10.8. The molecule has 0 aromatic rings. The molecule has 164 valence electrons. The van der Waals surface area contributed by atoms with Crippen LogP contribution in [0.1, 0.15) is 162 Å². The van der Waals surface area contributed by atoms with Crippen LogP contribution in [0.5, 0.6) is 0 Å². The van der Waals surface area contributed by atoms with E-state index in [2.05, 4.69) is 27.4 Å². The monoisotopic (exact) mass is 380 g/mol. The van der Waals surface area contributed by atoms with Crippen molar-refractivity contribution >= 4 is 0 Å². The van der Waals surface area contributed by atoms with Crippen molar-refractivity contribution in [2.45, 2.75) is 162 Å². The standard InChI is InChI=1S/C22H46.C5H10/c1-3-5-7-9-11-13-15-17-19-21-22-20-18-16-14-12-10-8-6-4-2;1-3-5-4-2/h3-22H2,1-2H3;3H,1,4-5H2,2H3. The zero-order valence-corrected chi connectivity index (χ0v) is 19.8. The Hall–Kier alpha value is -0.260. The van der Waals surface area contributed by atoms with Crippen molar-refractivity contribution in [1.29, 1.82) is 0 Å². The van der Waals surface area contributed by atoms with Crippen LogP contribution in [0, 0.1) is 0 Å². The molecule has 0 saturated heterocycles. The van der Waals surface area contributed by atoms with E-state index in [9.17, 15) is 0 Å². The van der Waals surface area contributed by atoms with Crippen LogP contribution in [0.2, 0.25) is 0 Å². The summed E-state index contributed by atoms with van der Waals surface area (Å²) in [7, 11) is 0. The summed E-state index contributed by atoms with van der Waals surface area (Å²) < 4.78 is 0. The molecule has 0 heteroatoms. The Morgan fingerprint density at radius 1 is 0.370 bits per heavy atom. The normalized spacial score (nSPS) is 10.5. The van der Waals surface area contributed by atoms with Gasteiger partial charge in [-0.15, -0.1) is 6.58 Å². The molecule has 0 saturated carbocycles. The maximum Gasteiger partial charge on any atom is -0.0356 e. The second-order valence-corrected chi connectivity index (χ2v) is 8.44. The molecule has 0 atom stereocenters. The van der Waals surface area contributed by atoms with Crippen molar-refractivity contribution in [2.24, 2.45) is 0 Å². The lowest BCUT2D eigenvalue weighted by molar-refractivity contribution is 0.523. The summed E-state index contributed by atoms with van der Waals surface area (Å²) >= 11 is 0. The Morgan fingerprint density at radius 2 is 0.593 bits per heavy atom. The largest absolute Gasteiger partial charge is 0.103 e. The lowest BCUT2D eigenvalue weighted by Gasteiger charge is -2.03. The van der Waals surface area contributed by atoms with E-state index < -0.39 is 0 Å². The van der Waals surface area contributed by atoms with E-state index in [0.29, 0.717) is 0 Å². The van der Waals surface area contributed by atoms with Crippen LogP contribution in [0.25, 0.3) is 0 Å². The van der Waals surface area contributed by atoms with Gasteiger partial charge in [0.15, 0.2) is 0 Å². The number of unbranched alkanes of at least 4 members (excludes halogenated alkanes) is 20. The Labute approximate surface area is 175 Å². The first-order valence-electron chi connectivity index (χ1n) is 12.9. The van der Waals surface area contributed by atoms with Gasteiger partial charge in [0.2, 0.25) is 0 Å². The Bertz CT molecular complexity index is 210. The Kier molecular flexibility index (Phi) is 32.7. The lowest BCUT2D eigenvalue weighted by atomic mass is 10.0. The Morgan fingerprint density at radius 3 is 0.704 bits per heavy atom.